The number of para-hydroxylation sites is 1. The summed E-state index contributed by atoms with van der Waals surface area (Å²) in [5, 5.41) is 3.16. The zero-order chi connectivity index (χ0) is 18.1. The van der Waals surface area contributed by atoms with Crippen LogP contribution < -0.4 is 5.32 Å². The van der Waals surface area contributed by atoms with Gasteiger partial charge in [-0.05, 0) is 50.2 Å². The van der Waals surface area contributed by atoms with Gasteiger partial charge < -0.3 is 19.4 Å². The molecule has 0 bridgehead atoms. The molecule has 1 saturated heterocycles. The summed E-state index contributed by atoms with van der Waals surface area (Å²) in [6, 6.07) is 6.22. The highest BCUT2D eigenvalue weighted by atomic mass is 16.5. The number of nitrogens with one attached hydrogen (secondary N) is 1. The van der Waals surface area contributed by atoms with Crippen LogP contribution in [0, 0.1) is 12.8 Å². The Morgan fingerprint density at radius 3 is 2.77 bits per heavy atom. The lowest BCUT2D eigenvalue weighted by atomic mass is 9.97. The van der Waals surface area contributed by atoms with Gasteiger partial charge in [0.25, 0.3) is 0 Å². The highest BCUT2D eigenvalue weighted by molar-refractivity contribution is 5.76. The van der Waals surface area contributed by atoms with Gasteiger partial charge in [-0.1, -0.05) is 12.1 Å². The number of likely N-dealkylation sites (tertiary alicyclic amines) is 1. The molecule has 1 aliphatic heterocycles. The summed E-state index contributed by atoms with van der Waals surface area (Å²) in [6.45, 7) is 4.10. The fraction of sp³-hybridized carbons (Fsp3) is 0.600. The number of carbonyl (C=O) groups excluding carboxylic acids is 1. The molecule has 4 rings (SSSR count). The van der Waals surface area contributed by atoms with Crippen LogP contribution >= 0.6 is 0 Å². The van der Waals surface area contributed by atoms with Crippen molar-refractivity contribution < 1.29 is 13.9 Å². The maximum Gasteiger partial charge on any atom is 0.317 e. The maximum atomic E-state index is 12.6. The molecule has 140 valence electrons. The van der Waals surface area contributed by atoms with Gasteiger partial charge in [0.2, 0.25) is 0 Å². The molecule has 2 heterocycles. The first kappa shape index (κ1) is 17.3. The number of amides is 2. The number of benzene rings is 1. The standard InChI is InChI=1S/C20H27N3O3/c1-13-4-3-5-16-18(13)26-19(21-16)15-8-10-23(11-9-15)20(24)22-17(12-25-2)14-6-7-14/h3-5,14-15,17H,6-12H2,1-2H3,(H,22,24)/t17-/m0/s1. The van der Waals surface area contributed by atoms with Gasteiger partial charge in [0.15, 0.2) is 11.5 Å². The van der Waals surface area contributed by atoms with Gasteiger partial charge in [-0.25, -0.2) is 9.78 Å². The van der Waals surface area contributed by atoms with E-state index < -0.39 is 0 Å². The zero-order valence-electron chi connectivity index (χ0n) is 15.5. The number of aryl methyl sites for hydroxylation is 1. The fourth-order valence-corrected chi connectivity index (χ4v) is 3.83. The van der Waals surface area contributed by atoms with Crippen LogP contribution in [0.15, 0.2) is 22.6 Å². The van der Waals surface area contributed by atoms with Crippen molar-refractivity contribution in [3.8, 4) is 0 Å². The van der Waals surface area contributed by atoms with Gasteiger partial charge in [0, 0.05) is 26.1 Å². The summed E-state index contributed by atoms with van der Waals surface area (Å²) in [4.78, 5) is 19.1. The third-order valence-electron chi connectivity index (χ3n) is 5.61. The van der Waals surface area contributed by atoms with Crippen molar-refractivity contribution in [3.05, 3.63) is 29.7 Å². The second-order valence-electron chi connectivity index (χ2n) is 7.59. The summed E-state index contributed by atoms with van der Waals surface area (Å²) < 4.78 is 11.3. The van der Waals surface area contributed by atoms with E-state index in [0.717, 1.165) is 48.5 Å². The molecule has 1 atom stereocenters. The SMILES string of the molecule is COC[C@H](NC(=O)N1CCC(c2nc3cccc(C)c3o2)CC1)C1CC1. The van der Waals surface area contributed by atoms with Crippen molar-refractivity contribution >= 4 is 17.1 Å². The van der Waals surface area contributed by atoms with E-state index in [4.69, 9.17) is 9.15 Å². The van der Waals surface area contributed by atoms with E-state index in [0.29, 0.717) is 12.5 Å². The van der Waals surface area contributed by atoms with E-state index in [1.807, 2.05) is 30.0 Å². The molecule has 2 fully saturated rings. The second kappa shape index (κ2) is 7.27. The van der Waals surface area contributed by atoms with Crippen LogP contribution in [-0.2, 0) is 4.74 Å². The highest BCUT2D eigenvalue weighted by Gasteiger charge is 2.34. The van der Waals surface area contributed by atoms with Crippen LogP contribution in [0.2, 0.25) is 0 Å². The first-order valence-corrected chi connectivity index (χ1v) is 9.56. The average Bonchev–Trinajstić information content (AvgIpc) is 3.40. The molecule has 26 heavy (non-hydrogen) atoms. The van der Waals surface area contributed by atoms with Crippen molar-refractivity contribution in [2.75, 3.05) is 26.8 Å². The van der Waals surface area contributed by atoms with Gasteiger partial charge in [0.1, 0.15) is 5.52 Å². The van der Waals surface area contributed by atoms with Gasteiger partial charge in [-0.3, -0.25) is 0 Å². The molecule has 0 spiro atoms. The van der Waals surface area contributed by atoms with Crippen LogP contribution in [0.25, 0.3) is 11.1 Å². The Bertz CT molecular complexity index is 776. The molecule has 1 N–H and O–H groups in total. The average molecular weight is 357 g/mol. The number of urea groups is 1. The van der Waals surface area contributed by atoms with E-state index >= 15 is 0 Å². The van der Waals surface area contributed by atoms with Gasteiger partial charge in [-0.2, -0.15) is 0 Å². The Kier molecular flexibility index (Phi) is 4.85. The van der Waals surface area contributed by atoms with Crippen molar-refractivity contribution in [2.24, 2.45) is 5.92 Å². The summed E-state index contributed by atoms with van der Waals surface area (Å²) in [5.74, 6) is 1.67. The van der Waals surface area contributed by atoms with Crippen molar-refractivity contribution in [2.45, 2.75) is 44.6 Å². The number of methoxy groups -OCH3 is 1. The third-order valence-corrected chi connectivity index (χ3v) is 5.61. The summed E-state index contributed by atoms with van der Waals surface area (Å²) in [7, 11) is 1.69. The summed E-state index contributed by atoms with van der Waals surface area (Å²) >= 11 is 0. The van der Waals surface area contributed by atoms with Crippen LogP contribution in [0.3, 0.4) is 0 Å². The lowest BCUT2D eigenvalue weighted by molar-refractivity contribution is 0.141. The molecule has 6 nitrogen and oxygen atoms in total. The van der Waals surface area contributed by atoms with Gasteiger partial charge in [-0.15, -0.1) is 0 Å². The molecule has 0 unspecified atom stereocenters. The quantitative estimate of drug-likeness (QED) is 0.890. The third kappa shape index (κ3) is 3.56. The predicted molar refractivity (Wildman–Crippen MR) is 99.2 cm³/mol. The smallest absolute Gasteiger partial charge is 0.317 e. The van der Waals surface area contributed by atoms with E-state index in [1.54, 1.807) is 7.11 Å². The van der Waals surface area contributed by atoms with Gasteiger partial charge >= 0.3 is 6.03 Å². The minimum atomic E-state index is 0.0332. The number of fused-ring (bicyclic) bond motifs is 1. The van der Waals surface area contributed by atoms with Gasteiger partial charge in [0.05, 0.1) is 12.6 Å². The van der Waals surface area contributed by atoms with E-state index in [-0.39, 0.29) is 18.0 Å². The number of oxazole rings is 1. The monoisotopic (exact) mass is 357 g/mol. The normalized spacial score (nSPS) is 19.7. The molecule has 2 amide bonds. The largest absolute Gasteiger partial charge is 0.440 e. The molecule has 0 radical (unpaired) electrons. The summed E-state index contributed by atoms with van der Waals surface area (Å²) in [6.07, 6.45) is 4.15. The number of piperidine rings is 1. The number of nitrogens with zero attached hydrogens (tertiary/aromatic N) is 2. The highest BCUT2D eigenvalue weighted by Crippen LogP contribution is 2.33. The number of rotatable bonds is 5. The number of hydrogen-bond acceptors (Lipinski definition) is 4. The predicted octanol–water partition coefficient (Wildman–Crippen LogP) is 3.45. The molecule has 1 aromatic heterocycles. The Balaban J connectivity index is 1.35. The van der Waals surface area contributed by atoms with Crippen molar-refractivity contribution in [3.63, 3.8) is 0 Å². The Hall–Kier alpha value is -2.08. The van der Waals surface area contributed by atoms with Crippen LogP contribution in [0.4, 0.5) is 4.79 Å². The molecule has 2 aromatic rings. The zero-order valence-corrected chi connectivity index (χ0v) is 15.5. The molecular formula is C20H27N3O3. The van der Waals surface area contributed by atoms with E-state index in [1.165, 1.54) is 12.8 Å². The number of ether oxygens (including phenoxy) is 1. The Morgan fingerprint density at radius 1 is 1.35 bits per heavy atom. The maximum absolute atomic E-state index is 12.6. The topological polar surface area (TPSA) is 67.6 Å². The van der Waals surface area contributed by atoms with Crippen LogP contribution in [0.1, 0.15) is 43.1 Å². The number of carbonyl (C=O) groups is 1. The second-order valence-corrected chi connectivity index (χ2v) is 7.59. The van der Waals surface area contributed by atoms with Crippen molar-refractivity contribution in [1.29, 1.82) is 0 Å². The molecule has 2 aliphatic rings. The van der Waals surface area contributed by atoms with E-state index in [9.17, 15) is 4.79 Å². The fourth-order valence-electron chi connectivity index (χ4n) is 3.83. The molecule has 1 saturated carbocycles. The van der Waals surface area contributed by atoms with E-state index in [2.05, 4.69) is 10.3 Å². The Morgan fingerprint density at radius 2 is 2.12 bits per heavy atom. The first-order valence-electron chi connectivity index (χ1n) is 9.56. The molecule has 1 aromatic carbocycles. The van der Waals surface area contributed by atoms with Crippen LogP contribution in [0.5, 0.6) is 0 Å². The van der Waals surface area contributed by atoms with Crippen molar-refractivity contribution in [1.82, 2.24) is 15.2 Å². The molecule has 6 heteroatoms. The minimum Gasteiger partial charge on any atom is -0.440 e. The molecule has 1 aliphatic carbocycles. The molecular weight excluding hydrogens is 330 g/mol. The Labute approximate surface area is 153 Å². The lowest BCUT2D eigenvalue weighted by Crippen LogP contribution is -2.49. The number of aromatic nitrogens is 1. The first-order chi connectivity index (χ1) is 12.7. The lowest BCUT2D eigenvalue weighted by Gasteiger charge is -2.32. The summed E-state index contributed by atoms with van der Waals surface area (Å²) in [5.41, 5.74) is 2.92. The minimum absolute atomic E-state index is 0.0332. The van der Waals surface area contributed by atoms with Crippen LogP contribution in [-0.4, -0.2) is 48.8 Å². The number of hydrogen-bond donors (Lipinski definition) is 1.